The van der Waals surface area contributed by atoms with E-state index in [1.54, 1.807) is 19.9 Å². The molecule has 0 saturated carbocycles. The summed E-state index contributed by atoms with van der Waals surface area (Å²) in [4.78, 5) is 39.4. The van der Waals surface area contributed by atoms with Gasteiger partial charge in [0.2, 0.25) is 5.78 Å². The molecule has 0 radical (unpaired) electrons. The monoisotopic (exact) mass is 387 g/mol. The Morgan fingerprint density at radius 3 is 2.50 bits per heavy atom. The van der Waals surface area contributed by atoms with Crippen LogP contribution in [-0.4, -0.2) is 42.5 Å². The number of ether oxygens (including phenoxy) is 3. The Bertz CT molecular complexity index is 883. The molecule has 2 aromatic rings. The zero-order valence-electron chi connectivity index (χ0n) is 16.8. The summed E-state index contributed by atoms with van der Waals surface area (Å²) in [7, 11) is 1.28. The molecule has 0 aliphatic rings. The molecule has 7 heteroatoms. The van der Waals surface area contributed by atoms with Gasteiger partial charge in [-0.15, -0.1) is 0 Å². The maximum atomic E-state index is 12.6. The Kier molecular flexibility index (Phi) is 6.98. The quantitative estimate of drug-likeness (QED) is 0.552. The number of carbonyl (C=O) groups is 3. The van der Waals surface area contributed by atoms with E-state index in [0.29, 0.717) is 22.6 Å². The lowest BCUT2D eigenvalue weighted by molar-refractivity contribution is -0.146. The van der Waals surface area contributed by atoms with Crippen molar-refractivity contribution in [2.45, 2.75) is 40.2 Å². The average Bonchev–Trinajstić information content (AvgIpc) is 2.94. The molecule has 0 aliphatic heterocycles. The van der Waals surface area contributed by atoms with E-state index in [9.17, 15) is 14.4 Å². The zero-order valence-corrected chi connectivity index (χ0v) is 16.8. The van der Waals surface area contributed by atoms with Crippen LogP contribution in [0.15, 0.2) is 24.3 Å². The predicted molar refractivity (Wildman–Crippen MR) is 103 cm³/mol. The number of esters is 2. The smallest absolute Gasteiger partial charge is 0.339 e. The first-order valence-electron chi connectivity index (χ1n) is 8.95. The average molecular weight is 387 g/mol. The molecule has 1 N–H and O–H groups in total. The lowest BCUT2D eigenvalue weighted by Crippen LogP contribution is -2.26. The Hall–Kier alpha value is -3.09. The molecule has 1 aromatic carbocycles. The van der Waals surface area contributed by atoms with Crippen molar-refractivity contribution in [1.82, 2.24) is 4.98 Å². The molecular weight excluding hydrogens is 362 g/mol. The van der Waals surface area contributed by atoms with E-state index in [1.807, 2.05) is 25.1 Å². The molecule has 7 nitrogen and oxygen atoms in total. The second-order valence-electron chi connectivity index (χ2n) is 6.53. The highest BCUT2D eigenvalue weighted by atomic mass is 16.5. The number of aryl methyl sites for hydroxylation is 2. The van der Waals surface area contributed by atoms with Crippen LogP contribution >= 0.6 is 0 Å². The van der Waals surface area contributed by atoms with E-state index in [2.05, 4.69) is 4.98 Å². The minimum absolute atomic E-state index is 0.0156. The molecule has 1 atom stereocenters. The van der Waals surface area contributed by atoms with Gasteiger partial charge in [-0.25, -0.2) is 4.79 Å². The van der Waals surface area contributed by atoms with E-state index in [4.69, 9.17) is 14.2 Å². The number of nitrogens with one attached hydrogen (secondary N) is 1. The van der Waals surface area contributed by atoms with Gasteiger partial charge in [-0.05, 0) is 51.0 Å². The molecule has 0 fully saturated rings. The number of hydrogen-bond donors (Lipinski definition) is 1. The fourth-order valence-electron chi connectivity index (χ4n) is 2.87. The topological polar surface area (TPSA) is 94.7 Å². The van der Waals surface area contributed by atoms with Crippen molar-refractivity contribution in [3.05, 3.63) is 52.3 Å². The van der Waals surface area contributed by atoms with Crippen LogP contribution in [0.5, 0.6) is 5.75 Å². The molecule has 1 aromatic heterocycles. The Morgan fingerprint density at radius 1 is 1.14 bits per heavy atom. The first kappa shape index (κ1) is 21.2. The van der Waals surface area contributed by atoms with Crippen molar-refractivity contribution in [2.75, 3.05) is 13.7 Å². The normalized spacial score (nSPS) is 11.6. The van der Waals surface area contributed by atoms with Crippen LogP contribution < -0.4 is 4.74 Å². The summed E-state index contributed by atoms with van der Waals surface area (Å²) < 4.78 is 15.5. The number of hydrogen-bond acceptors (Lipinski definition) is 6. The SMILES string of the molecule is COC(=O)c1c(C)[nH]c(C(=O)C(C)OC(=O)CCOc2cccc(C)c2)c1C. The third-order valence-corrected chi connectivity index (χ3v) is 4.32. The van der Waals surface area contributed by atoms with Gasteiger partial charge < -0.3 is 19.2 Å². The third-order valence-electron chi connectivity index (χ3n) is 4.32. The van der Waals surface area contributed by atoms with Crippen LogP contribution in [0.4, 0.5) is 0 Å². The van der Waals surface area contributed by atoms with E-state index >= 15 is 0 Å². The summed E-state index contributed by atoms with van der Waals surface area (Å²) in [5.74, 6) is -0.806. The number of ketones is 1. The van der Waals surface area contributed by atoms with Crippen LogP contribution in [0.1, 0.15) is 51.0 Å². The molecule has 2 rings (SSSR count). The second kappa shape index (κ2) is 9.21. The molecular formula is C21H25NO6. The van der Waals surface area contributed by atoms with Gasteiger partial charge in [-0.1, -0.05) is 12.1 Å². The predicted octanol–water partition coefficient (Wildman–Crippen LogP) is 3.31. The molecule has 1 unspecified atom stereocenters. The van der Waals surface area contributed by atoms with Gasteiger partial charge in [0, 0.05) is 5.69 Å². The summed E-state index contributed by atoms with van der Waals surface area (Å²) in [6, 6.07) is 7.49. The number of rotatable bonds is 8. The fourth-order valence-corrected chi connectivity index (χ4v) is 2.87. The summed E-state index contributed by atoms with van der Waals surface area (Å²) in [5, 5.41) is 0. The Balaban J connectivity index is 1.93. The zero-order chi connectivity index (χ0) is 20.8. The van der Waals surface area contributed by atoms with Gasteiger partial charge in [0.05, 0.1) is 31.4 Å². The van der Waals surface area contributed by atoms with Crippen LogP contribution in [0.2, 0.25) is 0 Å². The molecule has 150 valence electrons. The lowest BCUT2D eigenvalue weighted by atomic mass is 10.1. The number of H-pyrrole nitrogens is 1. The van der Waals surface area contributed by atoms with Gasteiger partial charge in [-0.3, -0.25) is 9.59 Å². The highest BCUT2D eigenvalue weighted by molar-refractivity contribution is 6.03. The highest BCUT2D eigenvalue weighted by Gasteiger charge is 2.27. The molecule has 1 heterocycles. The molecule has 0 saturated heterocycles. The minimum atomic E-state index is -0.992. The summed E-state index contributed by atoms with van der Waals surface area (Å²) in [5.41, 5.74) is 2.60. The van der Waals surface area contributed by atoms with E-state index < -0.39 is 23.8 Å². The van der Waals surface area contributed by atoms with Gasteiger partial charge in [-0.2, -0.15) is 0 Å². The number of aromatic nitrogens is 1. The van der Waals surface area contributed by atoms with Crippen molar-refractivity contribution in [3.8, 4) is 5.75 Å². The van der Waals surface area contributed by atoms with E-state index in [-0.39, 0.29) is 18.7 Å². The number of carbonyl (C=O) groups excluding carboxylic acids is 3. The molecule has 0 aliphatic carbocycles. The van der Waals surface area contributed by atoms with Crippen molar-refractivity contribution >= 4 is 17.7 Å². The number of Topliss-reactive ketones (excluding diaryl/α,β-unsaturated/α-hetero) is 1. The van der Waals surface area contributed by atoms with Crippen molar-refractivity contribution < 1.29 is 28.6 Å². The number of aromatic amines is 1. The van der Waals surface area contributed by atoms with Crippen LogP contribution in [0, 0.1) is 20.8 Å². The maximum absolute atomic E-state index is 12.6. The van der Waals surface area contributed by atoms with Gasteiger partial charge in [0.25, 0.3) is 0 Å². The summed E-state index contributed by atoms with van der Waals surface area (Å²) in [6.45, 7) is 6.91. The van der Waals surface area contributed by atoms with Gasteiger partial charge >= 0.3 is 11.9 Å². The largest absolute Gasteiger partial charge is 0.493 e. The van der Waals surface area contributed by atoms with E-state index in [1.165, 1.54) is 14.0 Å². The lowest BCUT2D eigenvalue weighted by Gasteiger charge is -2.13. The van der Waals surface area contributed by atoms with Crippen molar-refractivity contribution in [3.63, 3.8) is 0 Å². The van der Waals surface area contributed by atoms with Crippen LogP contribution in [0.3, 0.4) is 0 Å². The molecule has 0 amide bonds. The van der Waals surface area contributed by atoms with Crippen molar-refractivity contribution in [2.24, 2.45) is 0 Å². The number of benzene rings is 1. The minimum Gasteiger partial charge on any atom is -0.493 e. The first-order chi connectivity index (χ1) is 13.2. The van der Waals surface area contributed by atoms with Gasteiger partial charge in [0.1, 0.15) is 5.75 Å². The van der Waals surface area contributed by atoms with Crippen LogP contribution in [0.25, 0.3) is 0 Å². The summed E-state index contributed by atoms with van der Waals surface area (Å²) >= 11 is 0. The second-order valence-corrected chi connectivity index (χ2v) is 6.53. The first-order valence-corrected chi connectivity index (χ1v) is 8.95. The Labute approximate surface area is 164 Å². The third kappa shape index (κ3) is 5.00. The molecule has 0 bridgehead atoms. The van der Waals surface area contributed by atoms with Crippen molar-refractivity contribution in [1.29, 1.82) is 0 Å². The van der Waals surface area contributed by atoms with Gasteiger partial charge in [0.15, 0.2) is 6.10 Å². The molecule has 0 spiro atoms. The number of methoxy groups -OCH3 is 1. The fraction of sp³-hybridized carbons (Fsp3) is 0.381. The highest BCUT2D eigenvalue weighted by Crippen LogP contribution is 2.21. The summed E-state index contributed by atoms with van der Waals surface area (Å²) in [6.07, 6.45) is -0.976. The standard InChI is InChI=1S/C21H25NO6/c1-12-7-6-8-16(11-12)27-10-9-17(23)28-15(4)20(24)19-13(2)18(14(3)22-19)21(25)26-5/h6-8,11,15,22H,9-10H2,1-5H3. The van der Waals surface area contributed by atoms with Crippen LogP contribution in [-0.2, 0) is 14.3 Å². The van der Waals surface area contributed by atoms with E-state index in [0.717, 1.165) is 5.56 Å². The maximum Gasteiger partial charge on any atom is 0.339 e. The molecule has 28 heavy (non-hydrogen) atoms. The Morgan fingerprint density at radius 2 is 1.86 bits per heavy atom.